The number of hydroxylamine groups is 2. The summed E-state index contributed by atoms with van der Waals surface area (Å²) < 4.78 is 0. The van der Waals surface area contributed by atoms with Crippen molar-refractivity contribution in [1.29, 1.82) is 0 Å². The molecule has 1 aliphatic heterocycles. The molecule has 0 aromatic carbocycles. The minimum absolute atomic E-state index is 0.300. The van der Waals surface area contributed by atoms with Gasteiger partial charge in [0.15, 0.2) is 0 Å². The highest BCUT2D eigenvalue weighted by Gasteiger charge is 2.20. The zero-order valence-electron chi connectivity index (χ0n) is 6.75. The van der Waals surface area contributed by atoms with E-state index in [4.69, 9.17) is 0 Å². The molecule has 0 saturated carbocycles. The van der Waals surface area contributed by atoms with Gasteiger partial charge in [0.25, 0.3) is 0 Å². The van der Waals surface area contributed by atoms with Crippen LogP contribution in [0.15, 0.2) is 0 Å². The molecule has 3 nitrogen and oxygen atoms in total. The summed E-state index contributed by atoms with van der Waals surface area (Å²) >= 11 is 0. The molecular formula is C7H16N2O. The van der Waals surface area contributed by atoms with Crippen LogP contribution in [-0.2, 0) is 0 Å². The number of piperazine rings is 1. The second kappa shape index (κ2) is 3.32. The lowest BCUT2D eigenvalue weighted by molar-refractivity contribution is -0.149. The molecule has 0 aliphatic carbocycles. The zero-order valence-corrected chi connectivity index (χ0v) is 6.75. The predicted molar refractivity (Wildman–Crippen MR) is 40.1 cm³/mol. The molecule has 1 atom stereocenters. The van der Waals surface area contributed by atoms with Gasteiger partial charge in [-0.25, -0.2) is 0 Å². The van der Waals surface area contributed by atoms with Gasteiger partial charge in [-0.3, -0.25) is 0 Å². The minimum atomic E-state index is 0.300. The maximum atomic E-state index is 9.20. The van der Waals surface area contributed by atoms with Gasteiger partial charge in [0, 0.05) is 25.7 Å². The summed E-state index contributed by atoms with van der Waals surface area (Å²) in [7, 11) is 0. The van der Waals surface area contributed by atoms with Gasteiger partial charge < -0.3 is 10.1 Å². The highest BCUT2D eigenvalue weighted by atomic mass is 16.5. The highest BCUT2D eigenvalue weighted by molar-refractivity contribution is 4.72. The van der Waals surface area contributed by atoms with Gasteiger partial charge in [0.1, 0.15) is 0 Å². The first-order valence-corrected chi connectivity index (χ1v) is 3.92. The fourth-order valence-corrected chi connectivity index (χ4v) is 1.31. The summed E-state index contributed by atoms with van der Waals surface area (Å²) in [6.45, 7) is 8.07. The molecule has 3 heteroatoms. The SMILES string of the molecule is CCN1CCN(O)[C@@H](C)C1. The van der Waals surface area contributed by atoms with E-state index in [2.05, 4.69) is 11.8 Å². The standard InChI is InChI=1S/C7H16N2O/c1-3-8-4-5-9(10)7(2)6-8/h7,10H,3-6H2,1-2H3/t7-/m0/s1. The van der Waals surface area contributed by atoms with Crippen LogP contribution in [0, 0.1) is 0 Å². The molecule has 1 N–H and O–H groups in total. The van der Waals surface area contributed by atoms with E-state index < -0.39 is 0 Å². The Labute approximate surface area is 62.2 Å². The average molecular weight is 144 g/mol. The molecule has 1 heterocycles. The number of nitrogens with zero attached hydrogens (tertiary/aromatic N) is 2. The molecule has 1 fully saturated rings. The summed E-state index contributed by atoms with van der Waals surface area (Å²) in [4.78, 5) is 2.34. The van der Waals surface area contributed by atoms with Crippen LogP contribution in [-0.4, -0.2) is 47.4 Å². The van der Waals surface area contributed by atoms with Crippen molar-refractivity contribution in [3.8, 4) is 0 Å². The molecule has 10 heavy (non-hydrogen) atoms. The second-order valence-corrected chi connectivity index (χ2v) is 2.91. The van der Waals surface area contributed by atoms with Crippen LogP contribution in [0.3, 0.4) is 0 Å². The summed E-state index contributed by atoms with van der Waals surface area (Å²) in [6.07, 6.45) is 0. The van der Waals surface area contributed by atoms with Gasteiger partial charge >= 0.3 is 0 Å². The van der Waals surface area contributed by atoms with Gasteiger partial charge in [-0.15, -0.1) is 0 Å². The second-order valence-electron chi connectivity index (χ2n) is 2.91. The lowest BCUT2D eigenvalue weighted by Gasteiger charge is -2.35. The molecule has 1 saturated heterocycles. The number of likely N-dealkylation sites (N-methyl/N-ethyl adjacent to an activating group) is 1. The molecule has 0 unspecified atom stereocenters. The Morgan fingerprint density at radius 1 is 1.50 bits per heavy atom. The predicted octanol–water partition coefficient (Wildman–Crippen LogP) is 0.402. The zero-order chi connectivity index (χ0) is 7.56. The Balaban J connectivity index is 2.33. The van der Waals surface area contributed by atoms with E-state index in [0.717, 1.165) is 26.2 Å². The van der Waals surface area contributed by atoms with Crippen LogP contribution in [0.5, 0.6) is 0 Å². The molecule has 1 rings (SSSR count). The molecule has 0 amide bonds. The fourth-order valence-electron chi connectivity index (χ4n) is 1.31. The van der Waals surface area contributed by atoms with Crippen LogP contribution < -0.4 is 0 Å². The summed E-state index contributed by atoms with van der Waals surface area (Å²) in [5.74, 6) is 0. The van der Waals surface area contributed by atoms with Crippen LogP contribution in [0.4, 0.5) is 0 Å². The number of hydrogen-bond acceptors (Lipinski definition) is 3. The molecule has 0 radical (unpaired) electrons. The molecule has 0 aromatic heterocycles. The van der Waals surface area contributed by atoms with E-state index in [1.165, 1.54) is 5.06 Å². The summed E-state index contributed by atoms with van der Waals surface area (Å²) in [5.41, 5.74) is 0. The molecule has 60 valence electrons. The summed E-state index contributed by atoms with van der Waals surface area (Å²) in [5, 5.41) is 10.6. The van der Waals surface area contributed by atoms with Crippen molar-refractivity contribution in [2.75, 3.05) is 26.2 Å². The monoisotopic (exact) mass is 144 g/mol. The maximum Gasteiger partial charge on any atom is 0.0449 e. The van der Waals surface area contributed by atoms with E-state index in [1.54, 1.807) is 0 Å². The van der Waals surface area contributed by atoms with Gasteiger partial charge in [0.05, 0.1) is 0 Å². The van der Waals surface area contributed by atoms with E-state index in [9.17, 15) is 5.21 Å². The first kappa shape index (κ1) is 7.98. The topological polar surface area (TPSA) is 26.7 Å². The Morgan fingerprint density at radius 3 is 2.70 bits per heavy atom. The van der Waals surface area contributed by atoms with E-state index >= 15 is 0 Å². The Kier molecular flexibility index (Phi) is 2.65. The van der Waals surface area contributed by atoms with Crippen molar-refractivity contribution < 1.29 is 5.21 Å². The van der Waals surface area contributed by atoms with Crippen molar-refractivity contribution in [2.45, 2.75) is 19.9 Å². The largest absolute Gasteiger partial charge is 0.314 e. The molecule has 0 aromatic rings. The van der Waals surface area contributed by atoms with Gasteiger partial charge in [0.2, 0.25) is 0 Å². The fraction of sp³-hybridized carbons (Fsp3) is 1.00. The normalized spacial score (nSPS) is 30.9. The Bertz CT molecular complexity index is 108. The molecule has 1 aliphatic rings. The van der Waals surface area contributed by atoms with Crippen LogP contribution in [0.1, 0.15) is 13.8 Å². The Morgan fingerprint density at radius 2 is 2.20 bits per heavy atom. The third kappa shape index (κ3) is 1.68. The highest BCUT2D eigenvalue weighted by Crippen LogP contribution is 2.04. The van der Waals surface area contributed by atoms with Crippen LogP contribution in [0.2, 0.25) is 0 Å². The minimum Gasteiger partial charge on any atom is -0.314 e. The third-order valence-electron chi connectivity index (χ3n) is 2.12. The van der Waals surface area contributed by atoms with Crippen LogP contribution in [0.25, 0.3) is 0 Å². The van der Waals surface area contributed by atoms with Gasteiger partial charge in [-0.2, -0.15) is 5.06 Å². The van der Waals surface area contributed by atoms with Gasteiger partial charge in [-0.05, 0) is 13.5 Å². The lowest BCUT2D eigenvalue weighted by Crippen LogP contribution is -2.50. The van der Waals surface area contributed by atoms with E-state index in [0.29, 0.717) is 6.04 Å². The third-order valence-corrected chi connectivity index (χ3v) is 2.12. The molecule has 0 spiro atoms. The lowest BCUT2D eigenvalue weighted by atomic mass is 10.2. The van der Waals surface area contributed by atoms with Crippen LogP contribution >= 0.6 is 0 Å². The van der Waals surface area contributed by atoms with Gasteiger partial charge in [-0.1, -0.05) is 6.92 Å². The number of rotatable bonds is 1. The first-order chi connectivity index (χ1) is 4.74. The molecule has 0 bridgehead atoms. The van der Waals surface area contributed by atoms with E-state index in [-0.39, 0.29) is 0 Å². The van der Waals surface area contributed by atoms with Crippen molar-refractivity contribution >= 4 is 0 Å². The smallest absolute Gasteiger partial charge is 0.0449 e. The van der Waals surface area contributed by atoms with Crippen molar-refractivity contribution in [3.63, 3.8) is 0 Å². The Hall–Kier alpha value is -0.120. The van der Waals surface area contributed by atoms with E-state index in [1.807, 2.05) is 6.92 Å². The number of hydrogen-bond donors (Lipinski definition) is 1. The van der Waals surface area contributed by atoms with Crippen molar-refractivity contribution in [1.82, 2.24) is 9.96 Å². The average Bonchev–Trinajstić information content (AvgIpc) is 1.95. The first-order valence-electron chi connectivity index (χ1n) is 3.92. The summed E-state index contributed by atoms with van der Waals surface area (Å²) in [6, 6.07) is 0.300. The maximum absolute atomic E-state index is 9.20. The molecular weight excluding hydrogens is 128 g/mol. The van der Waals surface area contributed by atoms with Crippen molar-refractivity contribution in [2.24, 2.45) is 0 Å². The van der Waals surface area contributed by atoms with Crippen molar-refractivity contribution in [3.05, 3.63) is 0 Å². The quantitative estimate of drug-likeness (QED) is 0.577.